The van der Waals surface area contributed by atoms with Crippen LogP contribution in [0.25, 0.3) is 0 Å². The smallest absolute Gasteiger partial charge is 0 e. The van der Waals surface area contributed by atoms with Crippen LogP contribution in [0.1, 0.15) is 0 Å². The molecule has 0 aromatic rings. The molecule has 9 radical (unpaired) electrons. The molecule has 0 saturated carbocycles. The summed E-state index contributed by atoms with van der Waals surface area (Å²) in [6.07, 6.45) is 0. The molecule has 0 atom stereocenters. The van der Waals surface area contributed by atoms with Gasteiger partial charge in [-0.2, -0.15) is 0 Å². The number of hydrogen-bond acceptors (Lipinski definition) is 0. The van der Waals surface area contributed by atoms with Gasteiger partial charge < -0.3 is 0 Å². The van der Waals surface area contributed by atoms with Crippen molar-refractivity contribution in [2.24, 2.45) is 0 Å². The van der Waals surface area contributed by atoms with Crippen LogP contribution in [0.3, 0.4) is 0 Å². The molecule has 0 bridgehead atoms. The van der Waals surface area contributed by atoms with Gasteiger partial charge in [0, 0.05) is 62.2 Å². The van der Waals surface area contributed by atoms with Crippen molar-refractivity contribution in [3.05, 3.63) is 0 Å². The fraction of sp³-hybridized carbons (Fsp3) is 0. The summed E-state index contributed by atoms with van der Waals surface area (Å²) in [5.41, 5.74) is 0. The summed E-state index contributed by atoms with van der Waals surface area (Å²) in [6, 6.07) is 0. The number of rotatable bonds is 0. The molecule has 4 heavy (non-hydrogen) atoms. The van der Waals surface area contributed by atoms with Crippen molar-refractivity contribution < 1.29 is 33.8 Å². The molecule has 0 aromatic heterocycles. The van der Waals surface area contributed by atoms with Crippen molar-refractivity contribution in [1.29, 1.82) is 0 Å². The van der Waals surface area contributed by atoms with Crippen molar-refractivity contribution in [3.63, 3.8) is 0 Å². The minimum atomic E-state index is 0. The maximum absolute atomic E-state index is 0. The molecule has 0 amide bonds. The summed E-state index contributed by atoms with van der Waals surface area (Å²) in [5, 5.41) is 0. The third-order valence-electron chi connectivity index (χ3n) is 0. The molecule has 0 fully saturated rings. The molecule has 0 heterocycles. The van der Waals surface area contributed by atoms with Gasteiger partial charge in [0.05, 0.1) is 0 Å². The monoisotopic (exact) mass is 177 g/mol. The summed E-state index contributed by atoms with van der Waals surface area (Å²) in [4.78, 5) is 0. The minimum absolute atomic E-state index is 0. The Kier molecular flexibility index (Phi) is 226. The first-order chi connectivity index (χ1) is 0. The Labute approximate surface area is 61.9 Å². The second kappa shape index (κ2) is 21.6. The van der Waals surface area contributed by atoms with Gasteiger partial charge in [0.25, 0.3) is 0 Å². The van der Waals surface area contributed by atoms with Crippen LogP contribution in [0.4, 0.5) is 0 Å². The van der Waals surface area contributed by atoms with Crippen LogP contribution < -0.4 is 0 Å². The first-order valence-electron chi connectivity index (χ1n) is 0. The summed E-state index contributed by atoms with van der Waals surface area (Å²) in [6.45, 7) is 0. The molecule has 4 heteroatoms. The predicted molar refractivity (Wildman–Crippen MR) is 11.5 cm³/mol. The zero-order chi connectivity index (χ0) is 0. The van der Waals surface area contributed by atoms with E-state index in [0.717, 1.165) is 0 Å². The molecule has 0 N–H and O–H groups in total. The first-order valence-corrected chi connectivity index (χ1v) is 0. The zero-order valence-corrected chi connectivity index (χ0v) is 5.85. The van der Waals surface area contributed by atoms with Crippen molar-refractivity contribution in [2.45, 2.75) is 0 Å². The molecule has 0 aliphatic heterocycles. The third kappa shape index (κ3) is 9.23. The van der Waals surface area contributed by atoms with E-state index in [-0.39, 0.29) is 62.2 Å². The Morgan fingerprint density at radius 1 is 1.00 bits per heavy atom. The molecule has 0 aliphatic carbocycles. The van der Waals surface area contributed by atoms with Gasteiger partial charge in [0.15, 0.2) is 0 Å². The van der Waals surface area contributed by atoms with Crippen molar-refractivity contribution in [3.8, 4) is 0 Å². The molecule has 0 nitrogen and oxygen atoms in total. The van der Waals surface area contributed by atoms with E-state index in [4.69, 9.17) is 0 Å². The Morgan fingerprint density at radius 2 is 1.00 bits per heavy atom. The molecule has 0 aliphatic rings. The molecule has 0 unspecified atom stereocenters. The van der Waals surface area contributed by atoms with Crippen LogP contribution in [-0.2, 0) is 33.8 Å². The molecule has 0 rings (SSSR count). The Balaban J connectivity index is 0. The molecule has 27 valence electrons. The van der Waals surface area contributed by atoms with Gasteiger partial charge in [0.2, 0.25) is 0 Å². The van der Waals surface area contributed by atoms with Crippen LogP contribution in [0.2, 0.25) is 0 Å². The molecule has 0 aromatic carbocycles. The van der Waals surface area contributed by atoms with E-state index >= 15 is 0 Å². The standard InChI is InChI=1S/Al.Co.Cu.Si. The first kappa shape index (κ1) is 41.8. The number of hydrogen-bond donors (Lipinski definition) is 0. The summed E-state index contributed by atoms with van der Waals surface area (Å²) >= 11 is 0. The minimum Gasteiger partial charge on any atom is 0 e. The van der Waals surface area contributed by atoms with Crippen LogP contribution in [0, 0.1) is 0 Å². The summed E-state index contributed by atoms with van der Waals surface area (Å²) in [7, 11) is 0. The fourth-order valence-corrected chi connectivity index (χ4v) is 0. The van der Waals surface area contributed by atoms with E-state index in [2.05, 4.69) is 0 Å². The van der Waals surface area contributed by atoms with Gasteiger partial charge in [-0.05, 0) is 0 Å². The molecular weight excluding hydrogens is 178 g/mol. The van der Waals surface area contributed by atoms with Crippen LogP contribution >= 0.6 is 0 Å². The van der Waals surface area contributed by atoms with Crippen LogP contribution in [-0.4, -0.2) is 28.3 Å². The zero-order valence-electron chi connectivity index (χ0n) is 1.71. The van der Waals surface area contributed by atoms with Gasteiger partial charge in [-0.1, -0.05) is 0 Å². The largest absolute Gasteiger partial charge is 0 e. The van der Waals surface area contributed by atoms with Gasteiger partial charge in [0.1, 0.15) is 0 Å². The maximum atomic E-state index is 0. The van der Waals surface area contributed by atoms with Crippen molar-refractivity contribution in [2.75, 3.05) is 0 Å². The molecule has 0 spiro atoms. The van der Waals surface area contributed by atoms with E-state index in [9.17, 15) is 0 Å². The van der Waals surface area contributed by atoms with Crippen molar-refractivity contribution >= 4 is 28.3 Å². The van der Waals surface area contributed by atoms with E-state index in [1.165, 1.54) is 0 Å². The third-order valence-corrected chi connectivity index (χ3v) is 0. The van der Waals surface area contributed by atoms with E-state index in [0.29, 0.717) is 0 Å². The Hall–Kier alpha value is 1.78. The van der Waals surface area contributed by atoms with Gasteiger partial charge in [-0.25, -0.2) is 0 Å². The second-order valence-electron chi connectivity index (χ2n) is 0. The summed E-state index contributed by atoms with van der Waals surface area (Å²) in [5.74, 6) is 0. The van der Waals surface area contributed by atoms with Crippen LogP contribution in [0.5, 0.6) is 0 Å². The van der Waals surface area contributed by atoms with E-state index in [1.54, 1.807) is 0 Å². The van der Waals surface area contributed by atoms with Crippen molar-refractivity contribution in [1.82, 2.24) is 0 Å². The van der Waals surface area contributed by atoms with Gasteiger partial charge in [-0.15, -0.1) is 0 Å². The maximum Gasteiger partial charge on any atom is 0 e. The average molecular weight is 178 g/mol. The van der Waals surface area contributed by atoms with E-state index < -0.39 is 0 Å². The van der Waals surface area contributed by atoms with Gasteiger partial charge >= 0.3 is 0 Å². The Morgan fingerprint density at radius 3 is 1.00 bits per heavy atom. The van der Waals surface area contributed by atoms with Gasteiger partial charge in [-0.3, -0.25) is 0 Å². The molecule has 0 saturated heterocycles. The Bertz CT molecular complexity index is 8.00. The quantitative estimate of drug-likeness (QED) is 0.427. The van der Waals surface area contributed by atoms with Crippen LogP contribution in [0.15, 0.2) is 0 Å². The topological polar surface area (TPSA) is 0 Å². The summed E-state index contributed by atoms with van der Waals surface area (Å²) < 4.78 is 0. The average Bonchev–Trinajstić information content (AvgIpc) is 0. The van der Waals surface area contributed by atoms with E-state index in [1.807, 2.05) is 0 Å². The molecular formula is AlCoCuSi. The SMILES string of the molecule is [Al].[Co].[Cu].[Si]. The predicted octanol–water partition coefficient (Wildman–Crippen LogP) is -0.767. The second-order valence-corrected chi connectivity index (χ2v) is 0. The fourth-order valence-electron chi connectivity index (χ4n) is 0. The normalized spacial score (nSPS) is 0.